The predicted molar refractivity (Wildman–Crippen MR) is 74.8 cm³/mol. The average molecular weight is 291 g/mol. The Labute approximate surface area is 115 Å². The zero-order valence-electron chi connectivity index (χ0n) is 9.38. The molecule has 0 saturated carbocycles. The van der Waals surface area contributed by atoms with Crippen LogP contribution in [0.4, 0.5) is 0 Å². The highest BCUT2D eigenvalue weighted by atomic mass is 35.5. The van der Waals surface area contributed by atoms with E-state index in [1.165, 1.54) is 6.07 Å². The highest BCUT2D eigenvalue weighted by Gasteiger charge is 2.25. The fraction of sp³-hybridized carbons (Fsp3) is 0.273. The minimum atomic E-state index is -0.768. The van der Waals surface area contributed by atoms with Crippen LogP contribution in [0.15, 0.2) is 18.2 Å². The van der Waals surface area contributed by atoms with Gasteiger partial charge >= 0.3 is 0 Å². The Morgan fingerprint density at radius 1 is 1.41 bits per heavy atom. The van der Waals surface area contributed by atoms with Gasteiger partial charge in [-0.05, 0) is 32.0 Å². The summed E-state index contributed by atoms with van der Waals surface area (Å²) in [7, 11) is 0. The normalized spacial score (nSPS) is 11.1. The molecule has 0 aromatic heterocycles. The van der Waals surface area contributed by atoms with Crippen molar-refractivity contribution >= 4 is 46.3 Å². The van der Waals surface area contributed by atoms with Gasteiger partial charge in [-0.2, -0.15) is 0 Å². The number of nitrogens with one attached hydrogen (secondary N) is 1. The second-order valence-electron chi connectivity index (χ2n) is 4.07. The highest BCUT2D eigenvalue weighted by molar-refractivity contribution is 7.80. The third-order valence-electron chi connectivity index (χ3n) is 2.22. The molecule has 92 valence electrons. The number of rotatable bonds is 3. The minimum Gasteiger partial charge on any atom is -0.391 e. The summed E-state index contributed by atoms with van der Waals surface area (Å²) in [6.45, 7) is 3.44. The molecule has 0 atom stereocenters. The van der Waals surface area contributed by atoms with E-state index in [9.17, 15) is 4.79 Å². The van der Waals surface area contributed by atoms with Crippen molar-refractivity contribution in [1.29, 1.82) is 0 Å². The number of carbonyl (C=O) groups is 1. The Morgan fingerprint density at radius 3 is 2.47 bits per heavy atom. The molecule has 1 rings (SSSR count). The van der Waals surface area contributed by atoms with Gasteiger partial charge in [-0.15, -0.1) is 0 Å². The maximum absolute atomic E-state index is 11.9. The number of nitrogens with two attached hydrogens (primary N) is 1. The van der Waals surface area contributed by atoms with Gasteiger partial charge in [-0.1, -0.05) is 35.4 Å². The van der Waals surface area contributed by atoms with Gasteiger partial charge in [-0.3, -0.25) is 4.79 Å². The van der Waals surface area contributed by atoms with Crippen LogP contribution in [-0.2, 0) is 0 Å². The SMILES string of the molecule is CC(C)(NC(=O)c1ccc(Cl)cc1Cl)C(N)=S. The van der Waals surface area contributed by atoms with E-state index in [1.54, 1.807) is 26.0 Å². The molecule has 6 heteroatoms. The first-order chi connectivity index (χ1) is 7.74. The Kier molecular flexibility index (Phi) is 4.36. The molecule has 0 bridgehead atoms. The summed E-state index contributed by atoms with van der Waals surface area (Å²) < 4.78 is 0. The molecule has 0 heterocycles. The molecule has 1 amide bonds. The molecule has 0 aliphatic carbocycles. The van der Waals surface area contributed by atoms with Gasteiger partial charge in [0, 0.05) is 5.02 Å². The van der Waals surface area contributed by atoms with Crippen molar-refractivity contribution in [3.05, 3.63) is 33.8 Å². The Balaban J connectivity index is 2.95. The van der Waals surface area contributed by atoms with Crippen LogP contribution < -0.4 is 11.1 Å². The number of hydrogen-bond donors (Lipinski definition) is 2. The van der Waals surface area contributed by atoms with Crippen LogP contribution in [0.2, 0.25) is 10.0 Å². The molecule has 0 aliphatic rings. The van der Waals surface area contributed by atoms with Crippen molar-refractivity contribution in [2.24, 2.45) is 5.73 Å². The molecule has 1 aromatic carbocycles. The number of benzene rings is 1. The molecule has 0 aliphatic heterocycles. The van der Waals surface area contributed by atoms with Gasteiger partial charge < -0.3 is 11.1 Å². The number of thiocarbonyl (C=S) groups is 1. The van der Waals surface area contributed by atoms with Crippen LogP contribution in [-0.4, -0.2) is 16.4 Å². The summed E-state index contributed by atoms with van der Waals surface area (Å²) in [5.74, 6) is -0.343. The van der Waals surface area contributed by atoms with Crippen LogP contribution in [0.1, 0.15) is 24.2 Å². The number of halogens is 2. The first kappa shape index (κ1) is 14.2. The van der Waals surface area contributed by atoms with E-state index in [-0.39, 0.29) is 15.9 Å². The van der Waals surface area contributed by atoms with E-state index in [4.69, 9.17) is 41.2 Å². The van der Waals surface area contributed by atoms with Crippen LogP contribution >= 0.6 is 35.4 Å². The minimum absolute atomic E-state index is 0.205. The maximum atomic E-state index is 11.9. The third kappa shape index (κ3) is 3.56. The zero-order valence-corrected chi connectivity index (χ0v) is 11.7. The third-order valence-corrected chi connectivity index (χ3v) is 3.28. The van der Waals surface area contributed by atoms with E-state index < -0.39 is 5.54 Å². The van der Waals surface area contributed by atoms with Crippen LogP contribution in [0.5, 0.6) is 0 Å². The second kappa shape index (κ2) is 5.21. The number of amides is 1. The van der Waals surface area contributed by atoms with E-state index in [0.29, 0.717) is 10.6 Å². The summed E-state index contributed by atoms with van der Waals surface area (Å²) in [5.41, 5.74) is 5.09. The van der Waals surface area contributed by atoms with Gasteiger partial charge in [0.15, 0.2) is 0 Å². The smallest absolute Gasteiger partial charge is 0.253 e. The fourth-order valence-electron chi connectivity index (χ4n) is 1.09. The summed E-state index contributed by atoms with van der Waals surface area (Å²) >= 11 is 16.5. The molecular weight excluding hydrogens is 279 g/mol. The van der Waals surface area contributed by atoms with Crippen LogP contribution in [0.25, 0.3) is 0 Å². The number of carbonyl (C=O) groups excluding carboxylic acids is 1. The lowest BCUT2D eigenvalue weighted by Crippen LogP contribution is -2.52. The van der Waals surface area contributed by atoms with Crippen molar-refractivity contribution in [3.63, 3.8) is 0 Å². The molecule has 0 unspecified atom stereocenters. The van der Waals surface area contributed by atoms with Gasteiger partial charge in [0.2, 0.25) is 0 Å². The monoisotopic (exact) mass is 290 g/mol. The highest BCUT2D eigenvalue weighted by Crippen LogP contribution is 2.21. The van der Waals surface area contributed by atoms with Crippen molar-refractivity contribution < 1.29 is 4.79 Å². The van der Waals surface area contributed by atoms with E-state index in [2.05, 4.69) is 5.32 Å². The summed E-state index contributed by atoms with van der Waals surface area (Å²) in [6.07, 6.45) is 0. The first-order valence-electron chi connectivity index (χ1n) is 4.81. The molecule has 0 fully saturated rings. The van der Waals surface area contributed by atoms with E-state index in [1.807, 2.05) is 0 Å². The lowest BCUT2D eigenvalue weighted by molar-refractivity contribution is 0.0932. The molecule has 0 saturated heterocycles. The predicted octanol–water partition coefficient (Wildman–Crippen LogP) is 2.79. The molecule has 0 radical (unpaired) electrons. The lowest BCUT2D eigenvalue weighted by Gasteiger charge is -2.24. The van der Waals surface area contributed by atoms with Crippen molar-refractivity contribution in [2.75, 3.05) is 0 Å². The van der Waals surface area contributed by atoms with E-state index in [0.717, 1.165) is 0 Å². The molecule has 0 spiro atoms. The van der Waals surface area contributed by atoms with Crippen LogP contribution in [0.3, 0.4) is 0 Å². The largest absolute Gasteiger partial charge is 0.391 e. The Morgan fingerprint density at radius 2 is 2.00 bits per heavy atom. The fourth-order valence-corrected chi connectivity index (χ4v) is 1.63. The average Bonchev–Trinajstić information content (AvgIpc) is 2.15. The molecule has 17 heavy (non-hydrogen) atoms. The summed E-state index contributed by atoms with van der Waals surface area (Å²) in [5, 5.41) is 3.46. The zero-order chi connectivity index (χ0) is 13.2. The standard InChI is InChI=1S/C11H12Cl2N2OS/c1-11(2,10(14)17)15-9(16)7-4-3-6(12)5-8(7)13/h3-5H,1-2H3,(H2,14,17)(H,15,16). The van der Waals surface area contributed by atoms with Crippen molar-refractivity contribution in [3.8, 4) is 0 Å². The van der Waals surface area contributed by atoms with Gasteiger partial charge in [-0.25, -0.2) is 0 Å². The lowest BCUT2D eigenvalue weighted by atomic mass is 10.0. The van der Waals surface area contributed by atoms with Gasteiger partial charge in [0.1, 0.15) is 0 Å². The van der Waals surface area contributed by atoms with Crippen molar-refractivity contribution in [2.45, 2.75) is 19.4 Å². The Hall–Kier alpha value is -0.840. The second-order valence-corrected chi connectivity index (χ2v) is 5.35. The van der Waals surface area contributed by atoms with Crippen molar-refractivity contribution in [1.82, 2.24) is 5.32 Å². The quantitative estimate of drug-likeness (QED) is 0.842. The molecule has 3 N–H and O–H groups in total. The molecule has 1 aromatic rings. The Bertz CT molecular complexity index is 475. The maximum Gasteiger partial charge on any atom is 0.253 e. The first-order valence-corrected chi connectivity index (χ1v) is 5.98. The van der Waals surface area contributed by atoms with Crippen LogP contribution in [0, 0.1) is 0 Å². The van der Waals surface area contributed by atoms with Gasteiger partial charge in [0.25, 0.3) is 5.91 Å². The topological polar surface area (TPSA) is 55.1 Å². The van der Waals surface area contributed by atoms with Gasteiger partial charge in [0.05, 0.1) is 21.1 Å². The number of hydrogen-bond acceptors (Lipinski definition) is 2. The molecule has 3 nitrogen and oxygen atoms in total. The molecular formula is C11H12Cl2N2OS. The van der Waals surface area contributed by atoms with E-state index >= 15 is 0 Å². The summed E-state index contributed by atoms with van der Waals surface area (Å²) in [6, 6.07) is 4.65. The summed E-state index contributed by atoms with van der Waals surface area (Å²) in [4.78, 5) is 12.1.